The highest BCUT2D eigenvalue weighted by atomic mass is 16.5. The molecule has 0 saturated carbocycles. The Bertz CT molecular complexity index is 778. The van der Waals surface area contributed by atoms with E-state index < -0.39 is 0 Å². The molecular weight excluding hydrogens is 306 g/mol. The molecule has 1 N–H and O–H groups in total. The summed E-state index contributed by atoms with van der Waals surface area (Å²) in [6.45, 7) is 2.96. The molecule has 2 aromatic carbocycles. The van der Waals surface area contributed by atoms with E-state index in [9.17, 15) is 14.4 Å². The predicted molar refractivity (Wildman–Crippen MR) is 91.8 cm³/mol. The summed E-state index contributed by atoms with van der Waals surface area (Å²) in [4.78, 5) is 35.0. The number of rotatable bonds is 6. The zero-order valence-electron chi connectivity index (χ0n) is 13.9. The number of carbonyl (C=O) groups is 3. The third-order valence-electron chi connectivity index (χ3n) is 3.61. The van der Waals surface area contributed by atoms with Crippen LogP contribution in [-0.2, 0) is 11.2 Å². The molecule has 0 bridgehead atoms. The molecule has 0 aliphatic carbocycles. The van der Waals surface area contributed by atoms with Crippen LogP contribution in [-0.4, -0.2) is 24.6 Å². The van der Waals surface area contributed by atoms with E-state index in [0.29, 0.717) is 28.1 Å². The van der Waals surface area contributed by atoms with Crippen LogP contribution in [0.2, 0.25) is 0 Å². The number of anilines is 1. The van der Waals surface area contributed by atoms with Crippen LogP contribution in [0, 0.1) is 0 Å². The molecule has 0 aliphatic heterocycles. The molecule has 0 aliphatic rings. The zero-order chi connectivity index (χ0) is 17.7. The van der Waals surface area contributed by atoms with Gasteiger partial charge in [0.25, 0.3) is 0 Å². The second-order valence-corrected chi connectivity index (χ2v) is 5.44. The fourth-order valence-electron chi connectivity index (χ4n) is 2.30. The van der Waals surface area contributed by atoms with Gasteiger partial charge in [-0.15, -0.1) is 0 Å². The van der Waals surface area contributed by atoms with Crippen molar-refractivity contribution in [2.24, 2.45) is 0 Å². The molecule has 0 aromatic heterocycles. The normalized spacial score (nSPS) is 10.1. The molecule has 24 heavy (non-hydrogen) atoms. The molecule has 0 saturated heterocycles. The Balaban J connectivity index is 2.12. The zero-order valence-corrected chi connectivity index (χ0v) is 13.9. The minimum Gasteiger partial charge on any atom is -0.496 e. The number of amides is 1. The lowest BCUT2D eigenvalue weighted by Crippen LogP contribution is -2.15. The van der Waals surface area contributed by atoms with E-state index in [4.69, 9.17) is 4.74 Å². The van der Waals surface area contributed by atoms with E-state index in [0.717, 1.165) is 0 Å². The quantitative estimate of drug-likeness (QED) is 0.827. The predicted octanol–water partition coefficient (Wildman–Crippen LogP) is 3.28. The van der Waals surface area contributed by atoms with Gasteiger partial charge in [-0.3, -0.25) is 14.4 Å². The molecule has 5 nitrogen and oxygen atoms in total. The largest absolute Gasteiger partial charge is 0.496 e. The molecule has 1 amide bonds. The van der Waals surface area contributed by atoms with E-state index in [1.54, 1.807) is 42.5 Å². The van der Waals surface area contributed by atoms with Gasteiger partial charge in [0.1, 0.15) is 5.75 Å². The fraction of sp³-hybridized carbons (Fsp3) is 0.211. The molecule has 0 unspecified atom stereocenters. The minimum atomic E-state index is -0.232. The lowest BCUT2D eigenvalue weighted by Gasteiger charge is -2.10. The smallest absolute Gasteiger partial charge is 0.228 e. The number of Topliss-reactive ketones (excluding diaryl/α,β-unsaturated/α-hetero) is 2. The Morgan fingerprint density at radius 1 is 0.917 bits per heavy atom. The number of nitrogens with one attached hydrogen (secondary N) is 1. The number of hydrogen-bond acceptors (Lipinski definition) is 4. The number of carbonyl (C=O) groups excluding carboxylic acids is 3. The van der Waals surface area contributed by atoms with Crippen LogP contribution in [0.1, 0.15) is 40.1 Å². The van der Waals surface area contributed by atoms with Gasteiger partial charge in [-0.1, -0.05) is 0 Å². The second-order valence-electron chi connectivity index (χ2n) is 5.44. The molecule has 0 radical (unpaired) electrons. The first-order chi connectivity index (χ1) is 11.4. The Kier molecular flexibility index (Phi) is 5.47. The van der Waals surface area contributed by atoms with E-state index in [1.165, 1.54) is 21.0 Å². The minimum absolute atomic E-state index is 0.0290. The highest BCUT2D eigenvalue weighted by Gasteiger charge is 2.12. The fourth-order valence-corrected chi connectivity index (χ4v) is 2.30. The van der Waals surface area contributed by atoms with E-state index >= 15 is 0 Å². The van der Waals surface area contributed by atoms with Crippen molar-refractivity contribution in [3.63, 3.8) is 0 Å². The number of ketones is 2. The first kappa shape index (κ1) is 17.4. The van der Waals surface area contributed by atoms with Crippen molar-refractivity contribution in [1.82, 2.24) is 0 Å². The maximum atomic E-state index is 12.2. The van der Waals surface area contributed by atoms with Crippen molar-refractivity contribution in [3.05, 3.63) is 59.2 Å². The second kappa shape index (κ2) is 7.55. The third-order valence-corrected chi connectivity index (χ3v) is 3.61. The number of methoxy groups -OCH3 is 1. The van der Waals surface area contributed by atoms with Crippen LogP contribution in [0.25, 0.3) is 0 Å². The average molecular weight is 325 g/mol. The van der Waals surface area contributed by atoms with Gasteiger partial charge in [0, 0.05) is 22.4 Å². The van der Waals surface area contributed by atoms with Crippen molar-refractivity contribution in [2.75, 3.05) is 12.4 Å². The topological polar surface area (TPSA) is 72.5 Å². The SMILES string of the molecule is COc1ccc(C(C)=O)cc1CC(=O)Nc1ccc(C(C)=O)cc1. The van der Waals surface area contributed by atoms with E-state index in [1.807, 2.05) is 0 Å². The van der Waals surface area contributed by atoms with E-state index in [2.05, 4.69) is 5.32 Å². The van der Waals surface area contributed by atoms with Crippen molar-refractivity contribution >= 4 is 23.2 Å². The summed E-state index contributed by atoms with van der Waals surface area (Å²) >= 11 is 0. The van der Waals surface area contributed by atoms with Gasteiger partial charge < -0.3 is 10.1 Å². The van der Waals surface area contributed by atoms with Crippen LogP contribution < -0.4 is 10.1 Å². The molecule has 5 heteroatoms. The summed E-state index contributed by atoms with van der Waals surface area (Å²) < 4.78 is 5.24. The molecule has 2 rings (SSSR count). The van der Waals surface area contributed by atoms with Crippen LogP contribution >= 0.6 is 0 Å². The molecule has 0 fully saturated rings. The van der Waals surface area contributed by atoms with Crippen molar-refractivity contribution in [2.45, 2.75) is 20.3 Å². The number of ether oxygens (including phenoxy) is 1. The molecule has 0 spiro atoms. The summed E-state index contributed by atoms with van der Waals surface area (Å²) in [7, 11) is 1.52. The molecule has 0 atom stereocenters. The van der Waals surface area contributed by atoms with Crippen molar-refractivity contribution in [3.8, 4) is 5.75 Å². The standard InChI is InChI=1S/C19H19NO4/c1-12(21)14-4-7-17(8-5-14)20-19(23)11-16-10-15(13(2)22)6-9-18(16)24-3/h4-10H,11H2,1-3H3,(H,20,23). The first-order valence-electron chi connectivity index (χ1n) is 7.49. The van der Waals surface area contributed by atoms with Gasteiger partial charge in [0.15, 0.2) is 11.6 Å². The maximum absolute atomic E-state index is 12.2. The van der Waals surface area contributed by atoms with Gasteiger partial charge in [0.2, 0.25) is 5.91 Å². The Morgan fingerprint density at radius 3 is 2.04 bits per heavy atom. The lowest BCUT2D eigenvalue weighted by molar-refractivity contribution is -0.115. The highest BCUT2D eigenvalue weighted by Crippen LogP contribution is 2.21. The van der Waals surface area contributed by atoms with Crippen molar-refractivity contribution in [1.29, 1.82) is 0 Å². The summed E-state index contributed by atoms with van der Waals surface area (Å²) in [6, 6.07) is 11.7. The van der Waals surface area contributed by atoms with E-state index in [-0.39, 0.29) is 23.9 Å². The summed E-state index contributed by atoms with van der Waals surface area (Å²) in [5.74, 6) is 0.226. The van der Waals surface area contributed by atoms with Gasteiger partial charge in [-0.2, -0.15) is 0 Å². The summed E-state index contributed by atoms with van der Waals surface area (Å²) in [6.07, 6.45) is 0.0821. The van der Waals surface area contributed by atoms with Crippen LogP contribution in [0.3, 0.4) is 0 Å². The van der Waals surface area contributed by atoms with Gasteiger partial charge in [-0.25, -0.2) is 0 Å². The summed E-state index contributed by atoms with van der Waals surface area (Å²) in [5, 5.41) is 2.77. The van der Waals surface area contributed by atoms with Gasteiger partial charge >= 0.3 is 0 Å². The monoisotopic (exact) mass is 325 g/mol. The molecule has 124 valence electrons. The molecule has 0 heterocycles. The average Bonchev–Trinajstić information content (AvgIpc) is 2.55. The first-order valence-corrected chi connectivity index (χ1v) is 7.49. The third kappa shape index (κ3) is 4.29. The maximum Gasteiger partial charge on any atom is 0.228 e. The Morgan fingerprint density at radius 2 is 1.50 bits per heavy atom. The number of hydrogen-bond donors (Lipinski definition) is 1. The van der Waals surface area contributed by atoms with Crippen LogP contribution in [0.5, 0.6) is 5.75 Å². The van der Waals surface area contributed by atoms with Gasteiger partial charge in [-0.05, 0) is 56.3 Å². The highest BCUT2D eigenvalue weighted by molar-refractivity contribution is 5.97. The Hall–Kier alpha value is -2.95. The van der Waals surface area contributed by atoms with Crippen molar-refractivity contribution < 1.29 is 19.1 Å². The summed E-state index contributed by atoms with van der Waals surface area (Å²) in [5.41, 5.74) is 2.36. The molecular formula is C19H19NO4. The molecule has 2 aromatic rings. The Labute approximate surface area is 140 Å². The number of benzene rings is 2. The van der Waals surface area contributed by atoms with Crippen LogP contribution in [0.4, 0.5) is 5.69 Å². The lowest BCUT2D eigenvalue weighted by atomic mass is 10.0. The van der Waals surface area contributed by atoms with Gasteiger partial charge in [0.05, 0.1) is 13.5 Å². The van der Waals surface area contributed by atoms with Crippen LogP contribution in [0.15, 0.2) is 42.5 Å².